The highest BCUT2D eigenvalue weighted by molar-refractivity contribution is 6.27. The summed E-state index contributed by atoms with van der Waals surface area (Å²) in [6, 6.07) is 6.88. The lowest BCUT2D eigenvalue weighted by atomic mass is 9.98. The van der Waals surface area contributed by atoms with Crippen molar-refractivity contribution < 1.29 is 14.3 Å². The quantitative estimate of drug-likeness (QED) is 0.592. The Labute approximate surface area is 116 Å². The van der Waals surface area contributed by atoms with Crippen LogP contribution in [0.5, 0.6) is 0 Å². The van der Waals surface area contributed by atoms with Crippen molar-refractivity contribution in [2.45, 2.75) is 19.8 Å². The van der Waals surface area contributed by atoms with Gasteiger partial charge in [-0.15, -0.1) is 11.6 Å². The van der Waals surface area contributed by atoms with Gasteiger partial charge in [-0.2, -0.15) is 5.26 Å². The number of nitriles is 1. The number of nitrogens with zero attached hydrogens (tertiary/aromatic N) is 1. The molecule has 0 saturated heterocycles. The normalized spacial score (nSPS) is 9.74. The topological polar surface area (TPSA) is 67.2 Å². The number of ketones is 1. The predicted molar refractivity (Wildman–Crippen MR) is 71.1 cm³/mol. The summed E-state index contributed by atoms with van der Waals surface area (Å²) in [5.74, 6) is -0.618. The van der Waals surface area contributed by atoms with Crippen molar-refractivity contribution in [2.24, 2.45) is 0 Å². The highest BCUT2D eigenvalue weighted by Crippen LogP contribution is 2.15. The molecule has 0 atom stereocenters. The molecule has 0 radical (unpaired) electrons. The zero-order valence-corrected chi connectivity index (χ0v) is 11.4. The van der Waals surface area contributed by atoms with Gasteiger partial charge in [-0.05, 0) is 30.2 Å². The minimum Gasteiger partial charge on any atom is -0.462 e. The van der Waals surface area contributed by atoms with Crippen LogP contribution in [0.3, 0.4) is 0 Å². The van der Waals surface area contributed by atoms with Crippen molar-refractivity contribution in [2.75, 3.05) is 12.5 Å². The molecular weight excluding hydrogens is 266 g/mol. The standard InChI is InChI=1S/C14H14ClNO3/c1-2-19-14(18)12-4-3-10(8-13(17)9-15)11(7-12)5-6-16/h3-4,7H,2,5,8-9H2,1H3. The van der Waals surface area contributed by atoms with Crippen LogP contribution >= 0.6 is 11.6 Å². The molecule has 0 aliphatic rings. The molecule has 4 nitrogen and oxygen atoms in total. The SMILES string of the molecule is CCOC(=O)c1ccc(CC(=O)CCl)c(CC#N)c1. The highest BCUT2D eigenvalue weighted by atomic mass is 35.5. The summed E-state index contributed by atoms with van der Waals surface area (Å²) in [5.41, 5.74) is 1.76. The van der Waals surface area contributed by atoms with E-state index in [1.807, 2.05) is 6.07 Å². The first-order valence-corrected chi connectivity index (χ1v) is 6.39. The number of halogens is 1. The molecule has 0 aromatic heterocycles. The van der Waals surface area contributed by atoms with Crippen molar-refractivity contribution in [3.63, 3.8) is 0 Å². The number of alkyl halides is 1. The van der Waals surface area contributed by atoms with E-state index in [9.17, 15) is 9.59 Å². The smallest absolute Gasteiger partial charge is 0.338 e. The molecule has 0 amide bonds. The molecule has 1 rings (SSSR count). The van der Waals surface area contributed by atoms with Crippen LogP contribution in [0.2, 0.25) is 0 Å². The number of rotatable bonds is 6. The van der Waals surface area contributed by atoms with Crippen LogP contribution in [-0.2, 0) is 22.4 Å². The van der Waals surface area contributed by atoms with Crippen molar-refractivity contribution in [3.05, 3.63) is 34.9 Å². The minimum absolute atomic E-state index is 0.0639. The van der Waals surface area contributed by atoms with E-state index in [2.05, 4.69) is 0 Å². The van der Waals surface area contributed by atoms with Crippen molar-refractivity contribution >= 4 is 23.4 Å². The summed E-state index contributed by atoms with van der Waals surface area (Å²) >= 11 is 5.47. The number of Topliss-reactive ketones (excluding diaryl/α,β-unsaturated/α-hetero) is 1. The number of carbonyl (C=O) groups is 2. The predicted octanol–water partition coefficient (Wildman–Crippen LogP) is 2.28. The van der Waals surface area contributed by atoms with Gasteiger partial charge in [0.25, 0.3) is 0 Å². The number of hydrogen-bond donors (Lipinski definition) is 0. The molecule has 0 aliphatic carbocycles. The van der Waals surface area contributed by atoms with E-state index in [1.54, 1.807) is 25.1 Å². The Balaban J connectivity index is 3.04. The number of carbonyl (C=O) groups excluding carboxylic acids is 2. The molecule has 5 heteroatoms. The van der Waals surface area contributed by atoms with Crippen molar-refractivity contribution in [1.82, 2.24) is 0 Å². The minimum atomic E-state index is -0.433. The van der Waals surface area contributed by atoms with Crippen LogP contribution in [0, 0.1) is 11.3 Å². The fraction of sp³-hybridized carbons (Fsp3) is 0.357. The monoisotopic (exact) mass is 279 g/mol. The van der Waals surface area contributed by atoms with Crippen LogP contribution in [-0.4, -0.2) is 24.2 Å². The molecule has 1 aromatic rings. The summed E-state index contributed by atoms with van der Waals surface area (Å²) in [7, 11) is 0. The molecule has 0 N–H and O–H groups in total. The number of benzene rings is 1. The van der Waals surface area contributed by atoms with Gasteiger partial charge in [0.05, 0.1) is 30.5 Å². The van der Waals surface area contributed by atoms with Crippen molar-refractivity contribution in [1.29, 1.82) is 5.26 Å². The summed E-state index contributed by atoms with van der Waals surface area (Å²) < 4.78 is 4.89. The van der Waals surface area contributed by atoms with E-state index in [1.165, 1.54) is 0 Å². The molecule has 0 aliphatic heterocycles. The Morgan fingerprint density at radius 3 is 2.68 bits per heavy atom. The van der Waals surface area contributed by atoms with E-state index in [4.69, 9.17) is 21.6 Å². The molecule has 0 bridgehead atoms. The van der Waals surface area contributed by atoms with E-state index in [0.29, 0.717) is 17.7 Å². The maximum Gasteiger partial charge on any atom is 0.338 e. The van der Waals surface area contributed by atoms with Crippen LogP contribution in [0.1, 0.15) is 28.4 Å². The average Bonchev–Trinajstić information content (AvgIpc) is 2.41. The fourth-order valence-corrected chi connectivity index (χ4v) is 1.74. The largest absolute Gasteiger partial charge is 0.462 e. The Bertz CT molecular complexity index is 520. The number of ether oxygens (including phenoxy) is 1. The second kappa shape index (κ2) is 7.55. The molecule has 0 heterocycles. The maximum absolute atomic E-state index is 11.6. The van der Waals surface area contributed by atoms with Crippen LogP contribution in [0.15, 0.2) is 18.2 Å². The molecule has 1 aromatic carbocycles. The van der Waals surface area contributed by atoms with Gasteiger partial charge in [-0.1, -0.05) is 6.07 Å². The molecule has 0 unspecified atom stereocenters. The summed E-state index contributed by atoms with van der Waals surface area (Å²) in [6.45, 7) is 2.01. The maximum atomic E-state index is 11.6. The van der Waals surface area contributed by atoms with Crippen LogP contribution < -0.4 is 0 Å². The Morgan fingerprint density at radius 2 is 2.11 bits per heavy atom. The number of hydrogen-bond acceptors (Lipinski definition) is 4. The Hall–Kier alpha value is -1.86. The van der Waals surface area contributed by atoms with Crippen molar-refractivity contribution in [3.8, 4) is 6.07 Å². The van der Waals surface area contributed by atoms with Gasteiger partial charge in [0.2, 0.25) is 0 Å². The number of esters is 1. The first-order chi connectivity index (χ1) is 9.12. The van der Waals surface area contributed by atoms with Gasteiger partial charge >= 0.3 is 5.97 Å². The van der Waals surface area contributed by atoms with Gasteiger partial charge < -0.3 is 4.74 Å². The zero-order valence-electron chi connectivity index (χ0n) is 10.6. The first kappa shape index (κ1) is 15.2. The van der Waals surface area contributed by atoms with Gasteiger partial charge in [-0.3, -0.25) is 4.79 Å². The zero-order chi connectivity index (χ0) is 14.3. The van der Waals surface area contributed by atoms with E-state index in [-0.39, 0.29) is 24.5 Å². The molecule has 100 valence electrons. The lowest BCUT2D eigenvalue weighted by Gasteiger charge is -2.08. The fourth-order valence-electron chi connectivity index (χ4n) is 1.65. The average molecular weight is 280 g/mol. The van der Waals surface area contributed by atoms with Gasteiger partial charge in [0.15, 0.2) is 5.78 Å². The van der Waals surface area contributed by atoms with E-state index >= 15 is 0 Å². The Morgan fingerprint density at radius 1 is 1.37 bits per heavy atom. The molecule has 19 heavy (non-hydrogen) atoms. The Kier molecular flexibility index (Phi) is 6.04. The highest BCUT2D eigenvalue weighted by Gasteiger charge is 2.12. The third-order valence-corrected chi connectivity index (χ3v) is 2.82. The van der Waals surface area contributed by atoms with E-state index < -0.39 is 5.97 Å². The summed E-state index contributed by atoms with van der Waals surface area (Å²) in [5, 5.41) is 8.79. The van der Waals surface area contributed by atoms with Gasteiger partial charge in [-0.25, -0.2) is 4.79 Å². The van der Waals surface area contributed by atoms with Gasteiger partial charge in [0, 0.05) is 6.42 Å². The summed E-state index contributed by atoms with van der Waals surface area (Å²) in [6.07, 6.45) is 0.307. The van der Waals surface area contributed by atoms with Crippen LogP contribution in [0.25, 0.3) is 0 Å². The molecular formula is C14H14ClNO3. The van der Waals surface area contributed by atoms with E-state index in [0.717, 1.165) is 5.56 Å². The lowest BCUT2D eigenvalue weighted by molar-refractivity contribution is -0.116. The van der Waals surface area contributed by atoms with Gasteiger partial charge in [0.1, 0.15) is 0 Å². The van der Waals surface area contributed by atoms with Crippen LogP contribution in [0.4, 0.5) is 0 Å². The summed E-state index contributed by atoms with van der Waals surface area (Å²) in [4.78, 5) is 23.0. The lowest BCUT2D eigenvalue weighted by Crippen LogP contribution is -2.09. The molecule has 0 spiro atoms. The second-order valence-electron chi connectivity index (χ2n) is 3.89. The molecule has 0 fully saturated rings. The third kappa shape index (κ3) is 4.38. The second-order valence-corrected chi connectivity index (χ2v) is 4.16. The third-order valence-electron chi connectivity index (χ3n) is 2.52. The molecule has 0 saturated carbocycles. The first-order valence-electron chi connectivity index (χ1n) is 5.85.